The fraction of sp³-hybridized carbons (Fsp3) is 0.455. The molecule has 0 unspecified atom stereocenters. The lowest BCUT2D eigenvalue weighted by Crippen LogP contribution is -2.00. The van der Waals surface area contributed by atoms with Gasteiger partial charge in [-0.05, 0) is 31.4 Å². The molecule has 0 aliphatic carbocycles. The predicted octanol–water partition coefficient (Wildman–Crippen LogP) is 4.04. The second-order valence-electron chi connectivity index (χ2n) is 3.47. The highest BCUT2D eigenvalue weighted by Gasteiger charge is 2.15. The monoisotopic (exact) mass is 277 g/mol. The van der Waals surface area contributed by atoms with Gasteiger partial charge in [-0.2, -0.15) is 0 Å². The maximum atomic E-state index is 10.8. The largest absolute Gasteiger partial charge is 0.487 e. The van der Waals surface area contributed by atoms with Crippen molar-refractivity contribution in [1.29, 1.82) is 0 Å². The van der Waals surface area contributed by atoms with Crippen LogP contribution >= 0.6 is 23.2 Å². The van der Waals surface area contributed by atoms with Crippen molar-refractivity contribution in [1.82, 2.24) is 0 Å². The first kappa shape index (κ1) is 14.1. The van der Waals surface area contributed by atoms with E-state index in [0.717, 1.165) is 19.3 Å². The van der Waals surface area contributed by atoms with Gasteiger partial charge in [0.25, 0.3) is 0 Å². The van der Waals surface area contributed by atoms with Crippen molar-refractivity contribution in [3.63, 3.8) is 0 Å². The van der Waals surface area contributed by atoms with Gasteiger partial charge >= 0.3 is 5.69 Å². The molecule has 6 heteroatoms. The average molecular weight is 278 g/mol. The Hall–Kier alpha value is -1.00. The molecule has 1 aromatic rings. The van der Waals surface area contributed by atoms with Crippen LogP contribution in [0.4, 0.5) is 5.69 Å². The second kappa shape index (κ2) is 7.35. The Bertz CT molecular complexity index is 385. The summed E-state index contributed by atoms with van der Waals surface area (Å²) in [4.78, 5) is 10.3. The van der Waals surface area contributed by atoms with Crippen molar-refractivity contribution in [2.24, 2.45) is 0 Å². The first-order valence-electron chi connectivity index (χ1n) is 5.28. The Balaban J connectivity index is 2.55. The fourth-order valence-corrected chi connectivity index (χ4v) is 1.67. The second-order valence-corrected chi connectivity index (χ2v) is 4.28. The van der Waals surface area contributed by atoms with E-state index in [9.17, 15) is 10.1 Å². The minimum atomic E-state index is -0.500. The highest BCUT2D eigenvalue weighted by atomic mass is 35.5. The number of hydrogen-bond donors (Lipinski definition) is 0. The minimum absolute atomic E-state index is 0.102. The Kier molecular flexibility index (Phi) is 6.08. The summed E-state index contributed by atoms with van der Waals surface area (Å²) in [6.07, 6.45) is 2.70. The molecular weight excluding hydrogens is 265 g/mol. The standard InChI is InChI=1S/C11H13Cl2NO3/c12-6-2-1-3-7-17-11-5-4-9(13)8-10(11)14(15)16/h4-5,8H,1-3,6-7H2. The lowest BCUT2D eigenvalue weighted by molar-refractivity contribution is -0.385. The van der Waals surface area contributed by atoms with Crippen molar-refractivity contribution >= 4 is 28.9 Å². The van der Waals surface area contributed by atoms with Crippen LogP contribution in [0, 0.1) is 10.1 Å². The predicted molar refractivity (Wildman–Crippen MR) is 68.2 cm³/mol. The SMILES string of the molecule is O=[N+]([O-])c1cc(Cl)ccc1OCCCCCCl. The molecule has 0 amide bonds. The van der Waals surface area contributed by atoms with Crippen LogP contribution in [-0.2, 0) is 0 Å². The summed E-state index contributed by atoms with van der Waals surface area (Å²) in [7, 11) is 0. The molecule has 94 valence electrons. The summed E-state index contributed by atoms with van der Waals surface area (Å²) in [6, 6.07) is 4.38. The Morgan fingerprint density at radius 2 is 2.06 bits per heavy atom. The van der Waals surface area contributed by atoms with Gasteiger partial charge < -0.3 is 4.74 Å². The van der Waals surface area contributed by atoms with E-state index in [-0.39, 0.29) is 11.4 Å². The average Bonchev–Trinajstić information content (AvgIpc) is 2.30. The van der Waals surface area contributed by atoms with Crippen LogP contribution in [0.2, 0.25) is 5.02 Å². The molecule has 0 aliphatic rings. The van der Waals surface area contributed by atoms with Gasteiger partial charge in [-0.25, -0.2) is 0 Å². The van der Waals surface area contributed by atoms with Gasteiger partial charge in [0.05, 0.1) is 11.5 Å². The summed E-state index contributed by atoms with van der Waals surface area (Å²) in [5, 5.41) is 11.1. The van der Waals surface area contributed by atoms with E-state index in [1.54, 1.807) is 6.07 Å². The van der Waals surface area contributed by atoms with E-state index in [0.29, 0.717) is 17.5 Å². The number of nitro benzene ring substituents is 1. The van der Waals surface area contributed by atoms with Gasteiger partial charge in [0.15, 0.2) is 5.75 Å². The van der Waals surface area contributed by atoms with E-state index >= 15 is 0 Å². The van der Waals surface area contributed by atoms with Crippen molar-refractivity contribution < 1.29 is 9.66 Å². The molecule has 1 aromatic carbocycles. The van der Waals surface area contributed by atoms with Gasteiger partial charge in [0, 0.05) is 17.0 Å². The summed E-state index contributed by atoms with van der Waals surface area (Å²) >= 11 is 11.2. The maximum absolute atomic E-state index is 10.8. The molecule has 0 spiro atoms. The zero-order valence-corrected chi connectivity index (χ0v) is 10.7. The quantitative estimate of drug-likeness (QED) is 0.327. The summed E-state index contributed by atoms with van der Waals surface area (Å²) < 4.78 is 5.36. The molecular formula is C11H13Cl2NO3. The van der Waals surface area contributed by atoms with Crippen molar-refractivity contribution in [2.75, 3.05) is 12.5 Å². The van der Waals surface area contributed by atoms with Gasteiger partial charge in [-0.15, -0.1) is 11.6 Å². The number of rotatable bonds is 7. The maximum Gasteiger partial charge on any atom is 0.312 e. The Labute approximate surface area is 110 Å². The van der Waals surface area contributed by atoms with E-state index < -0.39 is 4.92 Å². The van der Waals surface area contributed by atoms with E-state index in [1.165, 1.54) is 12.1 Å². The fourth-order valence-electron chi connectivity index (χ4n) is 1.31. The number of hydrogen-bond acceptors (Lipinski definition) is 3. The molecule has 0 atom stereocenters. The van der Waals surface area contributed by atoms with Crippen LogP contribution in [0.25, 0.3) is 0 Å². The molecule has 0 fully saturated rings. The van der Waals surface area contributed by atoms with Crippen molar-refractivity contribution in [2.45, 2.75) is 19.3 Å². The van der Waals surface area contributed by atoms with Gasteiger partial charge in [-0.3, -0.25) is 10.1 Å². The molecule has 17 heavy (non-hydrogen) atoms. The Morgan fingerprint density at radius 3 is 2.71 bits per heavy atom. The van der Waals surface area contributed by atoms with Crippen LogP contribution in [-0.4, -0.2) is 17.4 Å². The zero-order chi connectivity index (χ0) is 12.7. The number of ether oxygens (including phenoxy) is 1. The summed E-state index contributed by atoms with van der Waals surface area (Å²) in [6.45, 7) is 0.444. The molecule has 0 saturated carbocycles. The Morgan fingerprint density at radius 1 is 1.29 bits per heavy atom. The highest BCUT2D eigenvalue weighted by Crippen LogP contribution is 2.29. The molecule has 0 aliphatic heterocycles. The lowest BCUT2D eigenvalue weighted by atomic mass is 10.2. The number of halogens is 2. The highest BCUT2D eigenvalue weighted by molar-refractivity contribution is 6.30. The molecule has 4 nitrogen and oxygen atoms in total. The van der Waals surface area contributed by atoms with Crippen molar-refractivity contribution in [3.8, 4) is 5.75 Å². The third-order valence-electron chi connectivity index (χ3n) is 2.15. The first-order valence-corrected chi connectivity index (χ1v) is 6.19. The summed E-state index contributed by atoms with van der Waals surface area (Å²) in [5.74, 6) is 0.881. The number of unbranched alkanes of at least 4 members (excludes halogenated alkanes) is 2. The van der Waals surface area contributed by atoms with Crippen LogP contribution in [0.5, 0.6) is 5.75 Å². The first-order chi connectivity index (χ1) is 8.15. The van der Waals surface area contributed by atoms with E-state index in [4.69, 9.17) is 27.9 Å². The number of nitro groups is 1. The third-order valence-corrected chi connectivity index (χ3v) is 2.66. The molecule has 0 heterocycles. The van der Waals surface area contributed by atoms with Crippen LogP contribution < -0.4 is 4.74 Å². The third kappa shape index (κ3) is 4.79. The molecule has 0 saturated heterocycles. The molecule has 0 radical (unpaired) electrons. The van der Waals surface area contributed by atoms with Crippen LogP contribution in [0.15, 0.2) is 18.2 Å². The lowest BCUT2D eigenvalue weighted by Gasteiger charge is -2.06. The van der Waals surface area contributed by atoms with Gasteiger partial charge in [0.1, 0.15) is 0 Å². The van der Waals surface area contributed by atoms with E-state index in [2.05, 4.69) is 0 Å². The molecule has 0 bridgehead atoms. The van der Waals surface area contributed by atoms with E-state index in [1.807, 2.05) is 0 Å². The number of nitrogens with zero attached hydrogens (tertiary/aromatic N) is 1. The van der Waals surface area contributed by atoms with Crippen molar-refractivity contribution in [3.05, 3.63) is 33.3 Å². The van der Waals surface area contributed by atoms with Gasteiger partial charge in [-0.1, -0.05) is 11.6 Å². The zero-order valence-electron chi connectivity index (χ0n) is 9.20. The number of alkyl halides is 1. The topological polar surface area (TPSA) is 52.4 Å². The summed E-state index contributed by atoms with van der Waals surface area (Å²) in [5.41, 5.74) is -0.102. The minimum Gasteiger partial charge on any atom is -0.487 e. The normalized spacial score (nSPS) is 10.2. The number of benzene rings is 1. The van der Waals surface area contributed by atoms with Crippen LogP contribution in [0.3, 0.4) is 0 Å². The van der Waals surface area contributed by atoms with Gasteiger partial charge in [0.2, 0.25) is 0 Å². The molecule has 0 aromatic heterocycles. The molecule has 1 rings (SSSR count). The molecule has 0 N–H and O–H groups in total. The smallest absolute Gasteiger partial charge is 0.312 e. The van der Waals surface area contributed by atoms with Crippen LogP contribution in [0.1, 0.15) is 19.3 Å².